The van der Waals surface area contributed by atoms with Crippen LogP contribution in [0.4, 0.5) is 0 Å². The van der Waals surface area contributed by atoms with Crippen molar-refractivity contribution in [2.75, 3.05) is 14.2 Å². The molecule has 1 fully saturated rings. The molecule has 0 N–H and O–H groups in total. The van der Waals surface area contributed by atoms with E-state index >= 15 is 0 Å². The van der Waals surface area contributed by atoms with Gasteiger partial charge in [-0.2, -0.15) is 0 Å². The van der Waals surface area contributed by atoms with Crippen LogP contribution in [0, 0.1) is 5.92 Å². The summed E-state index contributed by atoms with van der Waals surface area (Å²) in [5, 5.41) is 0. The lowest BCUT2D eigenvalue weighted by Gasteiger charge is -2.43. The van der Waals surface area contributed by atoms with E-state index in [9.17, 15) is 4.79 Å². The average molecular weight is 264 g/mol. The van der Waals surface area contributed by atoms with E-state index in [0.717, 1.165) is 24.2 Å². The van der Waals surface area contributed by atoms with Crippen LogP contribution >= 0.6 is 0 Å². The minimum absolute atomic E-state index is 0.00846. The number of carbonyl (C=O) groups excluding carboxylic acids is 1. The van der Waals surface area contributed by atoms with Crippen LogP contribution in [0.3, 0.4) is 0 Å². The van der Waals surface area contributed by atoms with Gasteiger partial charge in [0.15, 0.2) is 0 Å². The molecule has 1 aromatic rings. The number of carbonyl (C=O) groups is 1. The van der Waals surface area contributed by atoms with Crippen LogP contribution in [0.2, 0.25) is 0 Å². The van der Waals surface area contributed by atoms with Gasteiger partial charge in [-0.15, -0.1) is 0 Å². The van der Waals surface area contributed by atoms with Crippen molar-refractivity contribution < 1.29 is 19.0 Å². The quantitative estimate of drug-likeness (QED) is 0.767. The highest BCUT2D eigenvalue weighted by Gasteiger charge is 2.45. The van der Waals surface area contributed by atoms with Crippen LogP contribution < -0.4 is 4.74 Å². The highest BCUT2D eigenvalue weighted by atomic mass is 16.5. The second kappa shape index (κ2) is 5.61. The highest BCUT2D eigenvalue weighted by Crippen LogP contribution is 2.41. The Labute approximate surface area is 113 Å². The first kappa shape index (κ1) is 13.9. The summed E-state index contributed by atoms with van der Waals surface area (Å²) in [6.07, 6.45) is 1.46. The maximum absolute atomic E-state index is 11.3. The number of rotatable bonds is 5. The average Bonchev–Trinajstić information content (AvgIpc) is 2.41. The summed E-state index contributed by atoms with van der Waals surface area (Å²) in [6.45, 7) is 2.59. The minimum atomic E-state index is -0.210. The fourth-order valence-corrected chi connectivity index (χ4v) is 2.41. The third-order valence-corrected chi connectivity index (χ3v) is 3.64. The first-order valence-electron chi connectivity index (χ1n) is 6.41. The van der Waals surface area contributed by atoms with Gasteiger partial charge in [0.1, 0.15) is 5.75 Å². The summed E-state index contributed by atoms with van der Waals surface area (Å²) < 4.78 is 15.7. The van der Waals surface area contributed by atoms with Gasteiger partial charge in [-0.25, -0.2) is 0 Å². The molecule has 1 aliphatic carbocycles. The molecule has 0 saturated heterocycles. The summed E-state index contributed by atoms with van der Waals surface area (Å²) in [7, 11) is 3.07. The Kier molecular flexibility index (Phi) is 4.10. The number of hydrogen-bond acceptors (Lipinski definition) is 4. The molecule has 0 spiro atoms. The van der Waals surface area contributed by atoms with E-state index in [4.69, 9.17) is 14.2 Å². The zero-order valence-corrected chi connectivity index (χ0v) is 11.6. The molecule has 1 aromatic carbocycles. The number of methoxy groups -OCH3 is 2. The first-order chi connectivity index (χ1) is 9.06. The number of hydrogen-bond donors (Lipinski definition) is 0. The maximum atomic E-state index is 11.3. The normalized spacial score (nSPS) is 25.5. The Morgan fingerprint density at radius 1 is 1.26 bits per heavy atom. The van der Waals surface area contributed by atoms with Gasteiger partial charge in [-0.1, -0.05) is 12.1 Å². The lowest BCUT2D eigenvalue weighted by atomic mass is 9.72. The lowest BCUT2D eigenvalue weighted by molar-refractivity contribution is -0.169. The molecule has 0 aromatic heterocycles. The van der Waals surface area contributed by atoms with Crippen LogP contribution in [0.1, 0.15) is 25.3 Å². The van der Waals surface area contributed by atoms with Gasteiger partial charge in [0.25, 0.3) is 0 Å². The highest BCUT2D eigenvalue weighted by molar-refractivity contribution is 5.73. The van der Waals surface area contributed by atoms with Crippen molar-refractivity contribution in [3.63, 3.8) is 0 Å². The number of esters is 1. The Morgan fingerprint density at radius 2 is 1.89 bits per heavy atom. The largest absolute Gasteiger partial charge is 0.497 e. The topological polar surface area (TPSA) is 44.8 Å². The first-order valence-corrected chi connectivity index (χ1v) is 6.41. The van der Waals surface area contributed by atoms with Crippen LogP contribution in [0.5, 0.6) is 5.75 Å². The predicted octanol–water partition coefficient (Wildman–Crippen LogP) is 2.55. The van der Waals surface area contributed by atoms with Gasteiger partial charge in [0, 0.05) is 0 Å². The lowest BCUT2D eigenvalue weighted by Crippen LogP contribution is -2.46. The van der Waals surface area contributed by atoms with E-state index in [1.165, 1.54) is 7.11 Å². The van der Waals surface area contributed by atoms with Crippen molar-refractivity contribution in [2.45, 2.75) is 32.0 Å². The summed E-state index contributed by atoms with van der Waals surface area (Å²) in [5.41, 5.74) is 0.891. The Morgan fingerprint density at radius 3 is 2.42 bits per heavy atom. The molecule has 1 aliphatic rings. The summed E-state index contributed by atoms with van der Waals surface area (Å²) >= 11 is 0. The zero-order valence-electron chi connectivity index (χ0n) is 11.6. The molecule has 4 heteroatoms. The van der Waals surface area contributed by atoms with Crippen molar-refractivity contribution in [2.24, 2.45) is 5.92 Å². The van der Waals surface area contributed by atoms with Crippen molar-refractivity contribution in [1.82, 2.24) is 0 Å². The van der Waals surface area contributed by atoms with E-state index < -0.39 is 0 Å². The molecule has 0 atom stereocenters. The van der Waals surface area contributed by atoms with E-state index in [-0.39, 0.29) is 17.5 Å². The molecule has 1 saturated carbocycles. The molecule has 4 nitrogen and oxygen atoms in total. The van der Waals surface area contributed by atoms with Crippen molar-refractivity contribution in [3.05, 3.63) is 29.8 Å². The van der Waals surface area contributed by atoms with E-state index in [1.807, 2.05) is 31.2 Å². The monoisotopic (exact) mass is 264 g/mol. The van der Waals surface area contributed by atoms with Crippen molar-refractivity contribution in [1.29, 1.82) is 0 Å². The Balaban J connectivity index is 1.81. The molecular weight excluding hydrogens is 244 g/mol. The van der Waals surface area contributed by atoms with E-state index in [0.29, 0.717) is 6.61 Å². The van der Waals surface area contributed by atoms with Crippen molar-refractivity contribution in [3.8, 4) is 5.75 Å². The minimum Gasteiger partial charge on any atom is -0.497 e. The fraction of sp³-hybridized carbons (Fsp3) is 0.533. The van der Waals surface area contributed by atoms with E-state index in [1.54, 1.807) is 7.11 Å². The molecule has 0 heterocycles. The third-order valence-electron chi connectivity index (χ3n) is 3.64. The van der Waals surface area contributed by atoms with Gasteiger partial charge in [0.05, 0.1) is 32.3 Å². The van der Waals surface area contributed by atoms with Gasteiger partial charge < -0.3 is 14.2 Å². The maximum Gasteiger partial charge on any atom is 0.308 e. The Hall–Kier alpha value is -1.55. The van der Waals surface area contributed by atoms with Crippen molar-refractivity contribution >= 4 is 5.97 Å². The van der Waals surface area contributed by atoms with Gasteiger partial charge in [0.2, 0.25) is 0 Å². The molecule has 0 unspecified atom stereocenters. The van der Waals surface area contributed by atoms with Crippen LogP contribution in [-0.2, 0) is 20.9 Å². The summed E-state index contributed by atoms with van der Waals surface area (Å²) in [6, 6.07) is 7.80. The molecular formula is C15H20O4. The SMILES string of the molecule is COC(=O)C1CC(C)(OCc2ccc(OC)cc2)C1. The standard InChI is InChI=1S/C15H20O4/c1-15(8-12(9-15)14(16)18-3)19-10-11-4-6-13(17-2)7-5-11/h4-7,12H,8-10H2,1-3H3. The van der Waals surface area contributed by atoms with Gasteiger partial charge in [-0.3, -0.25) is 4.79 Å². The zero-order chi connectivity index (χ0) is 13.9. The second-order valence-corrected chi connectivity index (χ2v) is 5.21. The fourth-order valence-electron chi connectivity index (χ4n) is 2.41. The Bertz CT molecular complexity index is 432. The third kappa shape index (κ3) is 3.26. The summed E-state index contributed by atoms with van der Waals surface area (Å²) in [4.78, 5) is 11.3. The molecule has 104 valence electrons. The number of ether oxygens (including phenoxy) is 3. The molecule has 19 heavy (non-hydrogen) atoms. The van der Waals surface area contributed by atoms with Crippen LogP contribution in [0.25, 0.3) is 0 Å². The molecule has 0 amide bonds. The van der Waals surface area contributed by atoms with Crippen LogP contribution in [-0.4, -0.2) is 25.8 Å². The molecule has 0 radical (unpaired) electrons. The van der Waals surface area contributed by atoms with Gasteiger partial charge in [-0.05, 0) is 37.5 Å². The number of benzene rings is 1. The molecule has 0 bridgehead atoms. The smallest absolute Gasteiger partial charge is 0.308 e. The second-order valence-electron chi connectivity index (χ2n) is 5.21. The van der Waals surface area contributed by atoms with E-state index in [2.05, 4.69) is 0 Å². The van der Waals surface area contributed by atoms with Crippen LogP contribution in [0.15, 0.2) is 24.3 Å². The summed E-state index contributed by atoms with van der Waals surface area (Å²) in [5.74, 6) is 0.695. The molecule has 2 rings (SSSR count). The predicted molar refractivity (Wildman–Crippen MR) is 70.9 cm³/mol. The molecule has 0 aliphatic heterocycles. The van der Waals surface area contributed by atoms with Gasteiger partial charge >= 0.3 is 5.97 Å².